The molecule has 5 rings (SSSR count). The highest BCUT2D eigenvalue weighted by Crippen LogP contribution is 2.66. The summed E-state index contributed by atoms with van der Waals surface area (Å²) in [6.07, 6.45) is 13.1. The summed E-state index contributed by atoms with van der Waals surface area (Å²) < 4.78 is 0. The summed E-state index contributed by atoms with van der Waals surface area (Å²) in [5.41, 5.74) is 1.77. The van der Waals surface area contributed by atoms with Gasteiger partial charge in [-0.05, 0) is 106 Å². The largest absolute Gasteiger partial charge is 0.392 e. The first kappa shape index (κ1) is 21.0. The summed E-state index contributed by atoms with van der Waals surface area (Å²) >= 11 is 0. The number of ketones is 1. The van der Waals surface area contributed by atoms with Crippen molar-refractivity contribution in [2.45, 2.75) is 97.5 Å². The molecule has 4 heteroatoms. The number of carbonyl (C=O) groups is 1. The van der Waals surface area contributed by atoms with Gasteiger partial charge < -0.3 is 10.2 Å². The van der Waals surface area contributed by atoms with Crippen LogP contribution in [0, 0.1) is 40.4 Å². The summed E-state index contributed by atoms with van der Waals surface area (Å²) in [5, 5.41) is 8.22. The lowest BCUT2D eigenvalue weighted by molar-refractivity contribution is -0.138. The minimum absolute atomic E-state index is 0.00149. The van der Waals surface area contributed by atoms with E-state index in [4.69, 9.17) is 9.99 Å². The lowest BCUT2D eigenvalue weighted by Gasteiger charge is -2.61. The first-order valence-corrected chi connectivity index (χ1v) is 12.9. The second-order valence-electron chi connectivity index (χ2n) is 11.6. The third kappa shape index (κ3) is 3.19. The number of piperidine rings is 1. The van der Waals surface area contributed by atoms with E-state index in [-0.39, 0.29) is 5.41 Å². The highest BCUT2D eigenvalue weighted by atomic mass is 16.6. The number of hydrogen-bond donors (Lipinski definition) is 1. The number of nitrogens with zero attached hydrogens (tertiary/aromatic N) is 1. The number of carbonyl (C=O) groups excluding carboxylic acids is 1. The molecule has 168 valence electrons. The highest BCUT2D eigenvalue weighted by molar-refractivity contribution is 5.88. The first-order chi connectivity index (χ1) is 14.5. The summed E-state index contributed by atoms with van der Waals surface area (Å²) in [7, 11) is 0. The van der Waals surface area contributed by atoms with E-state index in [0.717, 1.165) is 69.4 Å². The predicted molar refractivity (Wildman–Crippen MR) is 120 cm³/mol. The molecule has 1 unspecified atom stereocenters. The fraction of sp³-hybridized carbons (Fsp3) is 0.923. The molecule has 4 saturated carbocycles. The van der Waals surface area contributed by atoms with Crippen LogP contribution in [0.25, 0.3) is 0 Å². The molecule has 0 spiro atoms. The number of nitrogens with one attached hydrogen (secondary N) is 1. The zero-order valence-electron chi connectivity index (χ0n) is 19.4. The third-order valence-electron chi connectivity index (χ3n) is 10.5. The SMILES string of the molecule is CC[C@H]1/C(=N/OC2CCNCC2)CC[C@@]2(C)C1CC[C@@H]1[C@@H]2CC[C@]2(C)C(=O)CC[C@@H]12. The Morgan fingerprint density at radius 1 is 0.967 bits per heavy atom. The van der Waals surface area contributed by atoms with Crippen LogP contribution in [-0.2, 0) is 9.63 Å². The molecule has 1 N–H and O–H groups in total. The van der Waals surface area contributed by atoms with Crippen LogP contribution in [0.2, 0.25) is 0 Å². The van der Waals surface area contributed by atoms with E-state index in [2.05, 4.69) is 26.1 Å². The second-order valence-corrected chi connectivity index (χ2v) is 11.6. The van der Waals surface area contributed by atoms with E-state index in [1.807, 2.05) is 0 Å². The average molecular weight is 415 g/mol. The maximum atomic E-state index is 12.7. The molecule has 1 heterocycles. The Morgan fingerprint density at radius 2 is 1.77 bits per heavy atom. The monoisotopic (exact) mass is 414 g/mol. The number of fused-ring (bicyclic) bond motifs is 5. The van der Waals surface area contributed by atoms with Gasteiger partial charge in [-0.15, -0.1) is 0 Å². The molecule has 1 aliphatic heterocycles. The Bertz CT molecular complexity index is 699. The van der Waals surface area contributed by atoms with Crippen molar-refractivity contribution in [1.82, 2.24) is 5.32 Å². The van der Waals surface area contributed by atoms with Gasteiger partial charge in [-0.2, -0.15) is 0 Å². The molecule has 0 radical (unpaired) electrons. The normalized spacial score (nSPS) is 48.2. The van der Waals surface area contributed by atoms with Crippen LogP contribution in [0.4, 0.5) is 0 Å². The van der Waals surface area contributed by atoms with Crippen molar-refractivity contribution < 1.29 is 9.63 Å². The molecule has 4 nitrogen and oxygen atoms in total. The first-order valence-electron chi connectivity index (χ1n) is 12.9. The van der Waals surface area contributed by atoms with Gasteiger partial charge in [0.2, 0.25) is 0 Å². The van der Waals surface area contributed by atoms with Gasteiger partial charge in [0.05, 0.1) is 5.71 Å². The van der Waals surface area contributed by atoms with E-state index < -0.39 is 0 Å². The van der Waals surface area contributed by atoms with Crippen LogP contribution in [-0.4, -0.2) is 30.7 Å². The molecule has 0 aromatic carbocycles. The molecular formula is C26H42N2O2. The van der Waals surface area contributed by atoms with Crippen molar-refractivity contribution in [3.8, 4) is 0 Å². The minimum Gasteiger partial charge on any atom is -0.392 e. The van der Waals surface area contributed by atoms with Crippen LogP contribution in [0.1, 0.15) is 91.4 Å². The second kappa shape index (κ2) is 7.90. The highest BCUT2D eigenvalue weighted by Gasteiger charge is 2.61. The number of hydrogen-bond acceptors (Lipinski definition) is 4. The van der Waals surface area contributed by atoms with Gasteiger partial charge >= 0.3 is 0 Å². The minimum atomic E-state index is -0.00149. The molecule has 30 heavy (non-hydrogen) atoms. The Kier molecular flexibility index (Phi) is 5.52. The fourth-order valence-corrected chi connectivity index (χ4v) is 8.78. The van der Waals surface area contributed by atoms with Crippen LogP contribution in [0.3, 0.4) is 0 Å². The van der Waals surface area contributed by atoms with Crippen LogP contribution in [0.5, 0.6) is 0 Å². The molecule has 4 aliphatic carbocycles. The number of Topliss-reactive ketones (excluding diaryl/α,β-unsaturated/α-hetero) is 1. The molecule has 0 bridgehead atoms. The van der Waals surface area contributed by atoms with Crippen molar-refractivity contribution in [1.29, 1.82) is 0 Å². The van der Waals surface area contributed by atoms with Gasteiger partial charge in [-0.1, -0.05) is 25.9 Å². The summed E-state index contributed by atoms with van der Waals surface area (Å²) in [6.45, 7) is 9.38. The van der Waals surface area contributed by atoms with Crippen molar-refractivity contribution in [2.75, 3.05) is 13.1 Å². The maximum absolute atomic E-state index is 12.7. The summed E-state index contributed by atoms with van der Waals surface area (Å²) in [5.74, 6) is 4.14. The Morgan fingerprint density at radius 3 is 2.53 bits per heavy atom. The third-order valence-corrected chi connectivity index (χ3v) is 10.5. The lowest BCUT2D eigenvalue weighted by Crippen LogP contribution is -2.56. The fourth-order valence-electron chi connectivity index (χ4n) is 8.78. The quantitative estimate of drug-likeness (QED) is 0.633. The van der Waals surface area contributed by atoms with Crippen LogP contribution < -0.4 is 5.32 Å². The molecule has 0 aromatic rings. The zero-order valence-corrected chi connectivity index (χ0v) is 19.4. The van der Waals surface area contributed by atoms with Crippen molar-refractivity contribution in [3.05, 3.63) is 0 Å². The van der Waals surface area contributed by atoms with E-state index in [1.54, 1.807) is 0 Å². The summed E-state index contributed by atoms with van der Waals surface area (Å²) in [4.78, 5) is 18.7. The zero-order chi connectivity index (χ0) is 20.9. The maximum Gasteiger partial charge on any atom is 0.139 e. The molecule has 1 saturated heterocycles. The van der Waals surface area contributed by atoms with E-state index in [0.29, 0.717) is 29.1 Å². The molecule has 5 fully saturated rings. The summed E-state index contributed by atoms with van der Waals surface area (Å²) in [6, 6.07) is 0. The molecular weight excluding hydrogens is 372 g/mol. The number of oxime groups is 1. The molecule has 5 aliphatic rings. The van der Waals surface area contributed by atoms with Gasteiger partial charge in [-0.3, -0.25) is 4.79 Å². The van der Waals surface area contributed by atoms with Crippen LogP contribution in [0.15, 0.2) is 5.16 Å². The average Bonchev–Trinajstić information content (AvgIpc) is 3.07. The van der Waals surface area contributed by atoms with Crippen LogP contribution >= 0.6 is 0 Å². The number of rotatable bonds is 3. The topological polar surface area (TPSA) is 50.7 Å². The van der Waals surface area contributed by atoms with Gasteiger partial charge in [-0.25, -0.2) is 0 Å². The smallest absolute Gasteiger partial charge is 0.139 e. The van der Waals surface area contributed by atoms with Gasteiger partial charge in [0.25, 0.3) is 0 Å². The van der Waals surface area contributed by atoms with Crippen molar-refractivity contribution in [2.24, 2.45) is 45.6 Å². The molecule has 7 atom stereocenters. The van der Waals surface area contributed by atoms with E-state index in [9.17, 15) is 4.79 Å². The Hall–Kier alpha value is -0.900. The van der Waals surface area contributed by atoms with Gasteiger partial charge in [0, 0.05) is 17.8 Å². The van der Waals surface area contributed by atoms with Gasteiger partial charge in [0.1, 0.15) is 11.9 Å². The molecule has 0 amide bonds. The standard InChI is InChI=1S/C26H42N2O2/c1-4-18-20-6-5-19-21-7-8-24(29)26(21,3)13-9-22(19)25(20,2)14-10-23(18)28-30-17-11-15-27-16-12-17/h17-22,27H,4-16H2,1-3H3/b28-23+/t18-,19+,20?,21+,22+,25+,26+/m1/s1. The lowest BCUT2D eigenvalue weighted by atomic mass is 9.43. The van der Waals surface area contributed by atoms with Crippen molar-refractivity contribution in [3.63, 3.8) is 0 Å². The molecule has 0 aromatic heterocycles. The Labute approximate surface area is 183 Å². The predicted octanol–water partition coefficient (Wildman–Crippen LogP) is 5.36. The van der Waals surface area contributed by atoms with E-state index in [1.165, 1.54) is 37.8 Å². The van der Waals surface area contributed by atoms with E-state index >= 15 is 0 Å². The Balaban J connectivity index is 1.34. The van der Waals surface area contributed by atoms with Crippen molar-refractivity contribution >= 4 is 11.5 Å². The van der Waals surface area contributed by atoms with Gasteiger partial charge in [0.15, 0.2) is 0 Å².